The van der Waals surface area contributed by atoms with Gasteiger partial charge in [-0.2, -0.15) is 0 Å². The van der Waals surface area contributed by atoms with E-state index >= 15 is 0 Å². The maximum Gasteiger partial charge on any atom is 0.296 e. The van der Waals surface area contributed by atoms with Gasteiger partial charge in [-0.1, -0.05) is 29.5 Å². The van der Waals surface area contributed by atoms with Crippen molar-refractivity contribution in [3.8, 4) is 5.75 Å². The molecular weight excluding hydrogens is 448 g/mol. The highest BCUT2D eigenvalue weighted by Gasteiger charge is 2.39. The van der Waals surface area contributed by atoms with Crippen molar-refractivity contribution >= 4 is 45.8 Å². The number of carbonyl (C=O) groups is 2. The van der Waals surface area contributed by atoms with Gasteiger partial charge in [-0.15, -0.1) is 0 Å². The van der Waals surface area contributed by atoms with E-state index in [1.165, 1.54) is 49.1 Å². The van der Waals surface area contributed by atoms with E-state index in [-0.39, 0.29) is 23.7 Å². The fourth-order valence-electron chi connectivity index (χ4n) is 3.11. The van der Waals surface area contributed by atoms with E-state index in [2.05, 4.69) is 10.3 Å². The summed E-state index contributed by atoms with van der Waals surface area (Å²) in [6.07, 6.45) is -0.164. The van der Waals surface area contributed by atoms with Gasteiger partial charge in [0.15, 0.2) is 5.17 Å². The van der Waals surface area contributed by atoms with Crippen molar-refractivity contribution in [2.75, 3.05) is 32.7 Å². The number of methoxy groups -OCH3 is 2. The third-order valence-electron chi connectivity index (χ3n) is 4.84. The number of benzene rings is 2. The number of hydrogen-bond acceptors (Lipinski definition) is 8. The average Bonchev–Trinajstić information content (AvgIpc) is 3.07. The molecule has 0 spiro atoms. The van der Waals surface area contributed by atoms with Crippen molar-refractivity contribution in [1.82, 2.24) is 4.90 Å². The zero-order chi connectivity index (χ0) is 24.0. The topological polar surface area (TPSA) is 123 Å². The minimum absolute atomic E-state index is 0.0334. The van der Waals surface area contributed by atoms with Crippen molar-refractivity contribution in [2.24, 2.45) is 4.99 Å². The lowest BCUT2D eigenvalue weighted by Crippen LogP contribution is -2.35. The lowest BCUT2D eigenvalue weighted by molar-refractivity contribution is -0.384. The normalized spacial score (nSPS) is 16.8. The molecule has 0 radical (unpaired) electrons. The summed E-state index contributed by atoms with van der Waals surface area (Å²) in [4.78, 5) is 42.5. The summed E-state index contributed by atoms with van der Waals surface area (Å²) in [6, 6.07) is 11.7. The highest BCUT2D eigenvalue weighted by Crippen LogP contribution is 2.33. The molecule has 1 fully saturated rings. The molecule has 174 valence electrons. The van der Waals surface area contributed by atoms with E-state index in [1.54, 1.807) is 0 Å². The van der Waals surface area contributed by atoms with Crippen LogP contribution in [0, 0.1) is 17.0 Å². The van der Waals surface area contributed by atoms with Crippen LogP contribution in [0.4, 0.5) is 17.1 Å². The summed E-state index contributed by atoms with van der Waals surface area (Å²) in [7, 11) is 2.93. The number of nitrogens with one attached hydrogen (secondary N) is 1. The molecule has 2 aromatic rings. The van der Waals surface area contributed by atoms with Gasteiger partial charge in [0, 0.05) is 13.5 Å². The number of amidine groups is 1. The van der Waals surface area contributed by atoms with E-state index < -0.39 is 16.1 Å². The first-order chi connectivity index (χ1) is 15.8. The molecule has 0 bridgehead atoms. The maximum atomic E-state index is 13.0. The van der Waals surface area contributed by atoms with Gasteiger partial charge in [-0.05, 0) is 31.2 Å². The molecule has 11 heteroatoms. The lowest BCUT2D eigenvalue weighted by atomic mass is 10.2. The van der Waals surface area contributed by atoms with Crippen LogP contribution in [0.1, 0.15) is 12.0 Å². The average molecular weight is 473 g/mol. The highest BCUT2D eigenvalue weighted by atomic mass is 32.2. The van der Waals surface area contributed by atoms with Gasteiger partial charge >= 0.3 is 0 Å². The summed E-state index contributed by atoms with van der Waals surface area (Å²) in [5.41, 5.74) is 1.52. The number of aryl methyl sites for hydroxylation is 1. The largest absolute Gasteiger partial charge is 0.496 e. The van der Waals surface area contributed by atoms with Crippen LogP contribution in [0.5, 0.6) is 5.75 Å². The first-order valence-electron chi connectivity index (χ1n) is 10.1. The Bertz CT molecular complexity index is 1070. The van der Waals surface area contributed by atoms with Crippen molar-refractivity contribution in [1.29, 1.82) is 0 Å². The molecule has 0 unspecified atom stereocenters. The molecule has 10 nitrogen and oxygen atoms in total. The number of anilines is 1. The maximum absolute atomic E-state index is 13.0. The Labute approximate surface area is 195 Å². The zero-order valence-electron chi connectivity index (χ0n) is 18.4. The van der Waals surface area contributed by atoms with Crippen LogP contribution in [0.25, 0.3) is 0 Å². The number of nitro benzene ring substituents is 1. The molecule has 0 aliphatic carbocycles. The molecule has 3 rings (SSSR count). The number of thioether (sulfide) groups is 1. The zero-order valence-corrected chi connectivity index (χ0v) is 19.3. The number of amides is 2. The molecule has 0 saturated carbocycles. The van der Waals surface area contributed by atoms with Crippen LogP contribution in [0.3, 0.4) is 0 Å². The number of rotatable bonds is 9. The van der Waals surface area contributed by atoms with Crippen molar-refractivity contribution in [2.45, 2.75) is 18.6 Å². The Balaban J connectivity index is 1.76. The second kappa shape index (κ2) is 10.9. The Morgan fingerprint density at radius 2 is 1.97 bits per heavy atom. The summed E-state index contributed by atoms with van der Waals surface area (Å²) >= 11 is 1.19. The van der Waals surface area contributed by atoms with E-state index in [1.807, 2.05) is 31.2 Å². The summed E-state index contributed by atoms with van der Waals surface area (Å²) in [6.45, 7) is 2.59. The van der Waals surface area contributed by atoms with E-state index in [9.17, 15) is 19.7 Å². The van der Waals surface area contributed by atoms with E-state index in [4.69, 9.17) is 9.47 Å². The second-order valence-electron chi connectivity index (χ2n) is 7.21. The molecule has 1 saturated heterocycles. The van der Waals surface area contributed by atoms with Crippen LogP contribution >= 0.6 is 11.8 Å². The Kier molecular flexibility index (Phi) is 8.01. The summed E-state index contributed by atoms with van der Waals surface area (Å²) in [5.74, 6) is -0.480. The minimum Gasteiger partial charge on any atom is -0.496 e. The highest BCUT2D eigenvalue weighted by molar-refractivity contribution is 8.15. The van der Waals surface area contributed by atoms with Crippen LogP contribution in [-0.2, 0) is 14.3 Å². The lowest BCUT2D eigenvalue weighted by Gasteiger charge is -2.15. The predicted molar refractivity (Wildman–Crippen MR) is 126 cm³/mol. The fraction of sp³-hybridized carbons (Fsp3) is 0.318. The first-order valence-corrected chi connectivity index (χ1v) is 10.9. The van der Waals surface area contributed by atoms with Crippen LogP contribution < -0.4 is 10.1 Å². The molecule has 1 aliphatic heterocycles. The van der Waals surface area contributed by atoms with Gasteiger partial charge in [0.25, 0.3) is 5.69 Å². The molecule has 2 aromatic carbocycles. The molecule has 33 heavy (non-hydrogen) atoms. The van der Waals surface area contributed by atoms with Crippen LogP contribution in [0.2, 0.25) is 0 Å². The molecule has 1 aliphatic rings. The first kappa shape index (κ1) is 24.2. The summed E-state index contributed by atoms with van der Waals surface area (Å²) in [5, 5.41) is 13.7. The number of aliphatic imine (C=N–C) groups is 1. The molecule has 2 amide bonds. The second-order valence-corrected chi connectivity index (χ2v) is 8.38. The fourth-order valence-corrected chi connectivity index (χ4v) is 4.29. The number of carbonyl (C=O) groups excluding carboxylic acids is 2. The van der Waals surface area contributed by atoms with Crippen molar-refractivity contribution in [3.63, 3.8) is 0 Å². The van der Waals surface area contributed by atoms with Gasteiger partial charge in [-0.25, -0.2) is 4.99 Å². The van der Waals surface area contributed by atoms with Crippen LogP contribution in [0.15, 0.2) is 47.5 Å². The van der Waals surface area contributed by atoms with Crippen LogP contribution in [-0.4, -0.2) is 59.4 Å². The monoisotopic (exact) mass is 472 g/mol. The van der Waals surface area contributed by atoms with Gasteiger partial charge in [0.05, 0.1) is 36.9 Å². The SMILES string of the molecule is COCCN1C(=O)[C@@H](CC(=O)Nc2ccc(OC)cc2[N+](=O)[O-])SC1=Nc1ccc(C)cc1. The van der Waals surface area contributed by atoms with Gasteiger partial charge < -0.3 is 14.8 Å². The Hall–Kier alpha value is -3.44. The number of ether oxygens (including phenoxy) is 2. The third-order valence-corrected chi connectivity index (χ3v) is 6.02. The number of nitro groups is 1. The molecule has 1 atom stereocenters. The molecule has 0 aromatic heterocycles. The smallest absolute Gasteiger partial charge is 0.296 e. The van der Waals surface area contributed by atoms with Gasteiger partial charge in [0.1, 0.15) is 16.7 Å². The quantitative estimate of drug-likeness (QED) is 0.437. The van der Waals surface area contributed by atoms with Crippen molar-refractivity contribution in [3.05, 3.63) is 58.1 Å². The van der Waals surface area contributed by atoms with Gasteiger partial charge in [0.2, 0.25) is 11.8 Å². The number of hydrogen-bond donors (Lipinski definition) is 1. The summed E-state index contributed by atoms with van der Waals surface area (Å²) < 4.78 is 10.1. The Morgan fingerprint density at radius 3 is 2.61 bits per heavy atom. The van der Waals surface area contributed by atoms with Gasteiger partial charge in [-0.3, -0.25) is 24.6 Å². The Morgan fingerprint density at radius 1 is 1.24 bits per heavy atom. The minimum atomic E-state index is -0.705. The molecular formula is C22H24N4O6S. The van der Waals surface area contributed by atoms with E-state index in [0.717, 1.165) is 5.56 Å². The number of nitrogens with zero attached hydrogens (tertiary/aromatic N) is 3. The predicted octanol–water partition coefficient (Wildman–Crippen LogP) is 3.52. The standard InChI is InChI=1S/C22H24N4O6S/c1-14-4-6-15(7-5-14)23-22-25(10-11-31-2)21(28)19(33-22)13-20(27)24-17-9-8-16(32-3)12-18(17)26(29)30/h4-9,12,19H,10-11,13H2,1-3H3,(H,24,27)/t19-/m1/s1. The van der Waals surface area contributed by atoms with E-state index in [0.29, 0.717) is 29.8 Å². The van der Waals surface area contributed by atoms with Crippen molar-refractivity contribution < 1.29 is 24.0 Å². The molecule has 1 N–H and O–H groups in total. The third kappa shape index (κ3) is 6.08. The molecule has 1 heterocycles.